The highest BCUT2D eigenvalue weighted by atomic mass is 79.9. The average Bonchev–Trinajstić information content (AvgIpc) is 2.66. The summed E-state index contributed by atoms with van der Waals surface area (Å²) in [6.45, 7) is 6.22. The van der Waals surface area contributed by atoms with Gasteiger partial charge in [-0.1, -0.05) is 44.0 Å². The number of aryl methyl sites for hydroxylation is 1. The molecule has 0 aromatic heterocycles. The SMILES string of the molecule is CCNC(=O)[C@H](C)N(Cc1cccc(Br)c1)C(=O)COc1ccc(Br)c(C)c1. The summed E-state index contributed by atoms with van der Waals surface area (Å²) >= 11 is 6.89. The zero-order valence-corrected chi connectivity index (χ0v) is 19.3. The van der Waals surface area contributed by atoms with Gasteiger partial charge < -0.3 is 15.0 Å². The molecule has 2 rings (SSSR count). The number of nitrogens with one attached hydrogen (secondary N) is 1. The molecule has 28 heavy (non-hydrogen) atoms. The summed E-state index contributed by atoms with van der Waals surface area (Å²) in [6, 6.07) is 12.6. The summed E-state index contributed by atoms with van der Waals surface area (Å²) < 4.78 is 7.58. The topological polar surface area (TPSA) is 58.6 Å². The monoisotopic (exact) mass is 510 g/mol. The number of amides is 2. The summed E-state index contributed by atoms with van der Waals surface area (Å²) in [5, 5.41) is 2.78. The minimum atomic E-state index is -0.610. The van der Waals surface area contributed by atoms with Crippen LogP contribution in [0, 0.1) is 6.92 Å². The van der Waals surface area contributed by atoms with Gasteiger partial charge in [0.2, 0.25) is 5.91 Å². The van der Waals surface area contributed by atoms with Crippen LogP contribution in [0.25, 0.3) is 0 Å². The molecule has 0 spiro atoms. The van der Waals surface area contributed by atoms with Crippen LogP contribution in [-0.2, 0) is 16.1 Å². The number of hydrogen-bond donors (Lipinski definition) is 1. The number of carbonyl (C=O) groups excluding carboxylic acids is 2. The van der Waals surface area contributed by atoms with Gasteiger partial charge in [-0.15, -0.1) is 0 Å². The molecule has 0 saturated carbocycles. The molecule has 0 unspecified atom stereocenters. The van der Waals surface area contributed by atoms with Gasteiger partial charge in [-0.25, -0.2) is 0 Å². The number of rotatable bonds is 8. The molecule has 2 aromatic rings. The second kappa shape index (κ2) is 10.6. The molecular weight excluding hydrogens is 488 g/mol. The van der Waals surface area contributed by atoms with Crippen molar-refractivity contribution in [1.29, 1.82) is 0 Å². The number of nitrogens with zero attached hydrogens (tertiary/aromatic N) is 1. The zero-order chi connectivity index (χ0) is 20.7. The fourth-order valence-corrected chi connectivity index (χ4v) is 3.36. The Bertz CT molecular complexity index is 842. The molecule has 1 atom stereocenters. The smallest absolute Gasteiger partial charge is 0.261 e. The third kappa shape index (κ3) is 6.34. The normalized spacial score (nSPS) is 11.6. The molecular formula is C21H24Br2N2O3. The lowest BCUT2D eigenvalue weighted by Gasteiger charge is -2.28. The minimum absolute atomic E-state index is 0.140. The maximum atomic E-state index is 12.9. The van der Waals surface area contributed by atoms with E-state index in [1.54, 1.807) is 17.9 Å². The first-order valence-corrected chi connectivity index (χ1v) is 10.6. The van der Waals surface area contributed by atoms with Gasteiger partial charge in [0.1, 0.15) is 11.8 Å². The molecule has 0 aliphatic rings. The van der Waals surface area contributed by atoms with Crippen LogP contribution >= 0.6 is 31.9 Å². The third-order valence-electron chi connectivity index (χ3n) is 4.25. The van der Waals surface area contributed by atoms with E-state index in [0.717, 1.165) is 20.1 Å². The Morgan fingerprint density at radius 3 is 2.57 bits per heavy atom. The van der Waals surface area contributed by atoms with E-state index in [9.17, 15) is 9.59 Å². The fraction of sp³-hybridized carbons (Fsp3) is 0.333. The van der Waals surface area contributed by atoms with Crippen LogP contribution < -0.4 is 10.1 Å². The maximum Gasteiger partial charge on any atom is 0.261 e. The predicted octanol–water partition coefficient (Wildman–Crippen LogP) is 4.45. The number of hydrogen-bond acceptors (Lipinski definition) is 3. The quantitative estimate of drug-likeness (QED) is 0.569. The van der Waals surface area contributed by atoms with E-state index in [4.69, 9.17) is 4.74 Å². The van der Waals surface area contributed by atoms with Crippen LogP contribution in [0.2, 0.25) is 0 Å². The van der Waals surface area contributed by atoms with Crippen molar-refractivity contribution in [3.63, 3.8) is 0 Å². The van der Waals surface area contributed by atoms with Gasteiger partial charge in [-0.05, 0) is 62.2 Å². The molecule has 0 heterocycles. The minimum Gasteiger partial charge on any atom is -0.484 e. The van der Waals surface area contributed by atoms with Crippen molar-refractivity contribution in [1.82, 2.24) is 10.2 Å². The van der Waals surface area contributed by atoms with Gasteiger partial charge in [-0.2, -0.15) is 0 Å². The van der Waals surface area contributed by atoms with Gasteiger partial charge in [0.05, 0.1) is 0 Å². The lowest BCUT2D eigenvalue weighted by molar-refractivity contribution is -0.142. The van der Waals surface area contributed by atoms with Gasteiger partial charge in [-0.3, -0.25) is 9.59 Å². The summed E-state index contributed by atoms with van der Waals surface area (Å²) in [6.07, 6.45) is 0. The molecule has 0 radical (unpaired) electrons. The molecule has 0 aliphatic heterocycles. The van der Waals surface area contributed by atoms with Crippen molar-refractivity contribution in [2.24, 2.45) is 0 Å². The van der Waals surface area contributed by atoms with E-state index in [1.165, 1.54) is 0 Å². The second-order valence-corrected chi connectivity index (χ2v) is 8.19. The Kier molecular flexibility index (Phi) is 8.51. The third-order valence-corrected chi connectivity index (χ3v) is 5.63. The molecule has 0 bridgehead atoms. The molecule has 1 N–H and O–H groups in total. The van der Waals surface area contributed by atoms with Gasteiger partial charge in [0.25, 0.3) is 5.91 Å². The number of likely N-dealkylation sites (N-methyl/N-ethyl adjacent to an activating group) is 1. The summed E-state index contributed by atoms with van der Waals surface area (Å²) in [7, 11) is 0. The van der Waals surface area contributed by atoms with Crippen molar-refractivity contribution >= 4 is 43.7 Å². The fourth-order valence-electron chi connectivity index (χ4n) is 2.67. The van der Waals surface area contributed by atoms with Gasteiger partial charge >= 0.3 is 0 Å². The number of halogens is 2. The first kappa shape index (κ1) is 22.4. The molecule has 0 saturated heterocycles. The Hall–Kier alpha value is -1.86. The average molecular weight is 512 g/mol. The first-order chi connectivity index (χ1) is 13.3. The number of benzene rings is 2. The molecule has 7 heteroatoms. The lowest BCUT2D eigenvalue weighted by atomic mass is 10.1. The van der Waals surface area contributed by atoms with Crippen LogP contribution in [0.1, 0.15) is 25.0 Å². The summed E-state index contributed by atoms with van der Waals surface area (Å²) in [4.78, 5) is 26.8. The van der Waals surface area contributed by atoms with Crippen molar-refractivity contribution in [3.8, 4) is 5.75 Å². The van der Waals surface area contributed by atoms with Gasteiger partial charge in [0, 0.05) is 22.0 Å². The van der Waals surface area contributed by atoms with Crippen LogP contribution in [0.3, 0.4) is 0 Å². The van der Waals surface area contributed by atoms with E-state index < -0.39 is 6.04 Å². The van der Waals surface area contributed by atoms with E-state index in [0.29, 0.717) is 18.8 Å². The van der Waals surface area contributed by atoms with Gasteiger partial charge in [0.15, 0.2) is 6.61 Å². The molecule has 2 amide bonds. The van der Waals surface area contributed by atoms with E-state index in [1.807, 2.05) is 50.2 Å². The van der Waals surface area contributed by atoms with Crippen molar-refractivity contribution in [2.45, 2.75) is 33.4 Å². The standard InChI is InChI=1S/C21H24Br2N2O3/c1-4-24-21(27)15(3)25(12-16-6-5-7-17(22)11-16)20(26)13-28-18-8-9-19(23)14(2)10-18/h5-11,15H,4,12-13H2,1-3H3,(H,24,27)/t15-/m0/s1. The second-order valence-electron chi connectivity index (χ2n) is 6.42. The van der Waals surface area contributed by atoms with Crippen molar-refractivity contribution in [3.05, 3.63) is 62.5 Å². The van der Waals surface area contributed by atoms with Crippen LogP contribution in [0.4, 0.5) is 0 Å². The highest BCUT2D eigenvalue weighted by Gasteiger charge is 2.26. The Morgan fingerprint density at radius 2 is 1.93 bits per heavy atom. The van der Waals surface area contributed by atoms with Crippen molar-refractivity contribution < 1.29 is 14.3 Å². The highest BCUT2D eigenvalue weighted by molar-refractivity contribution is 9.10. The Balaban J connectivity index is 2.15. The van der Waals surface area contributed by atoms with Crippen LogP contribution in [-0.4, -0.2) is 35.9 Å². The molecule has 0 aliphatic carbocycles. The number of ether oxygens (including phenoxy) is 1. The molecule has 150 valence electrons. The van der Waals surface area contributed by atoms with E-state index in [-0.39, 0.29) is 18.4 Å². The maximum absolute atomic E-state index is 12.9. The Morgan fingerprint density at radius 1 is 1.18 bits per heavy atom. The Labute approximate surface area is 182 Å². The lowest BCUT2D eigenvalue weighted by Crippen LogP contribution is -2.49. The van der Waals surface area contributed by atoms with Crippen LogP contribution in [0.5, 0.6) is 5.75 Å². The van der Waals surface area contributed by atoms with E-state index >= 15 is 0 Å². The summed E-state index contributed by atoms with van der Waals surface area (Å²) in [5.41, 5.74) is 1.95. The first-order valence-electron chi connectivity index (χ1n) is 9.02. The van der Waals surface area contributed by atoms with Crippen molar-refractivity contribution in [2.75, 3.05) is 13.2 Å². The largest absolute Gasteiger partial charge is 0.484 e. The predicted molar refractivity (Wildman–Crippen MR) is 117 cm³/mol. The molecule has 0 fully saturated rings. The van der Waals surface area contributed by atoms with Crippen LogP contribution in [0.15, 0.2) is 51.4 Å². The zero-order valence-electron chi connectivity index (χ0n) is 16.2. The number of carbonyl (C=O) groups is 2. The highest BCUT2D eigenvalue weighted by Crippen LogP contribution is 2.22. The molecule has 2 aromatic carbocycles. The van der Waals surface area contributed by atoms with E-state index in [2.05, 4.69) is 37.2 Å². The summed E-state index contributed by atoms with van der Waals surface area (Å²) in [5.74, 6) is 0.173. The molecule has 5 nitrogen and oxygen atoms in total.